The van der Waals surface area contributed by atoms with Gasteiger partial charge in [0.25, 0.3) is 11.8 Å². The van der Waals surface area contributed by atoms with Crippen LogP contribution in [0.1, 0.15) is 44.9 Å². The molecule has 1 saturated carbocycles. The minimum absolute atomic E-state index is 0.0275. The highest BCUT2D eigenvalue weighted by Crippen LogP contribution is 2.32. The number of hydrogen-bond acceptors (Lipinski definition) is 2. The molecule has 94 valence electrons. The van der Waals surface area contributed by atoms with Crippen LogP contribution in [0.15, 0.2) is 10.1 Å². The fourth-order valence-corrected chi connectivity index (χ4v) is 2.86. The summed E-state index contributed by atoms with van der Waals surface area (Å²) in [5.41, 5.74) is 0. The lowest BCUT2D eigenvalue weighted by molar-refractivity contribution is -0.140. The maximum atomic E-state index is 11.9. The van der Waals surface area contributed by atoms with Gasteiger partial charge in [0, 0.05) is 6.04 Å². The highest BCUT2D eigenvalue weighted by molar-refractivity contribution is 6.58. The number of hydrogen-bond donors (Lipinski definition) is 0. The molecule has 2 amide bonds. The Morgan fingerprint density at radius 1 is 0.824 bits per heavy atom. The van der Waals surface area contributed by atoms with Crippen LogP contribution >= 0.6 is 23.2 Å². The Balaban J connectivity index is 2.12. The molecular weight excluding hydrogens is 261 g/mol. The summed E-state index contributed by atoms with van der Waals surface area (Å²) in [7, 11) is 0. The Labute approximate surface area is 111 Å². The summed E-state index contributed by atoms with van der Waals surface area (Å²) in [6.07, 6.45) is 7.42. The van der Waals surface area contributed by atoms with Crippen molar-refractivity contribution < 1.29 is 9.59 Å². The molecule has 0 saturated heterocycles. The fraction of sp³-hybridized carbons (Fsp3) is 0.667. The van der Waals surface area contributed by atoms with Crippen molar-refractivity contribution in [1.82, 2.24) is 4.90 Å². The van der Waals surface area contributed by atoms with Gasteiger partial charge in [0.1, 0.15) is 10.1 Å². The molecule has 0 aromatic heterocycles. The molecule has 17 heavy (non-hydrogen) atoms. The minimum Gasteiger partial charge on any atom is -0.270 e. The second-order valence-electron chi connectivity index (χ2n) is 4.61. The van der Waals surface area contributed by atoms with Gasteiger partial charge in [-0.05, 0) is 12.8 Å². The first kappa shape index (κ1) is 12.9. The van der Waals surface area contributed by atoms with E-state index in [2.05, 4.69) is 0 Å². The van der Waals surface area contributed by atoms with Gasteiger partial charge in [-0.1, -0.05) is 55.3 Å². The molecule has 1 aliphatic heterocycles. The van der Waals surface area contributed by atoms with Crippen LogP contribution in [-0.2, 0) is 9.59 Å². The highest BCUT2D eigenvalue weighted by atomic mass is 35.5. The normalized spacial score (nSPS) is 24.2. The summed E-state index contributed by atoms with van der Waals surface area (Å²) in [4.78, 5) is 25.0. The second-order valence-corrected chi connectivity index (χ2v) is 5.36. The van der Waals surface area contributed by atoms with Gasteiger partial charge < -0.3 is 0 Å². The van der Waals surface area contributed by atoms with E-state index in [9.17, 15) is 9.59 Å². The number of carbonyl (C=O) groups excluding carboxylic acids is 2. The van der Waals surface area contributed by atoms with Crippen LogP contribution in [0.5, 0.6) is 0 Å². The quantitative estimate of drug-likeness (QED) is 0.690. The fourth-order valence-electron chi connectivity index (χ4n) is 2.52. The Morgan fingerprint density at radius 3 is 1.71 bits per heavy atom. The number of carbonyl (C=O) groups is 2. The second kappa shape index (κ2) is 5.40. The van der Waals surface area contributed by atoms with Gasteiger partial charge in [0.2, 0.25) is 0 Å². The van der Waals surface area contributed by atoms with Crippen molar-refractivity contribution >= 4 is 35.0 Å². The first-order chi connectivity index (χ1) is 8.13. The van der Waals surface area contributed by atoms with E-state index in [1.807, 2.05) is 0 Å². The predicted octanol–water partition coefficient (Wildman–Crippen LogP) is 3.16. The minimum atomic E-state index is -0.424. The molecule has 2 aliphatic rings. The van der Waals surface area contributed by atoms with E-state index in [0.29, 0.717) is 0 Å². The Morgan fingerprint density at radius 2 is 1.24 bits per heavy atom. The molecule has 0 radical (unpaired) electrons. The highest BCUT2D eigenvalue weighted by Gasteiger charge is 2.40. The SMILES string of the molecule is O=C1C(Cl)=C(Cl)C(=O)N1C1CCCCCCC1. The van der Waals surface area contributed by atoms with Crippen molar-refractivity contribution in [1.29, 1.82) is 0 Å². The molecule has 0 bridgehead atoms. The van der Waals surface area contributed by atoms with Crippen LogP contribution < -0.4 is 0 Å². The number of amides is 2. The van der Waals surface area contributed by atoms with E-state index >= 15 is 0 Å². The van der Waals surface area contributed by atoms with E-state index in [0.717, 1.165) is 25.7 Å². The van der Waals surface area contributed by atoms with Gasteiger partial charge >= 0.3 is 0 Å². The van der Waals surface area contributed by atoms with Gasteiger partial charge in [-0.25, -0.2) is 0 Å². The average Bonchev–Trinajstić information content (AvgIpc) is 2.45. The standard InChI is InChI=1S/C12H15Cl2NO2/c13-9-10(14)12(17)15(11(9)16)8-6-4-2-1-3-5-7-8/h8H,1-7H2. The summed E-state index contributed by atoms with van der Waals surface area (Å²) in [6.45, 7) is 0. The van der Waals surface area contributed by atoms with E-state index in [4.69, 9.17) is 23.2 Å². The maximum absolute atomic E-state index is 11.9. The van der Waals surface area contributed by atoms with Gasteiger partial charge in [-0.3, -0.25) is 14.5 Å². The first-order valence-corrected chi connectivity index (χ1v) is 6.81. The molecule has 3 nitrogen and oxygen atoms in total. The third-order valence-corrected chi connectivity index (χ3v) is 4.24. The first-order valence-electron chi connectivity index (χ1n) is 6.06. The molecule has 0 unspecified atom stereocenters. The van der Waals surface area contributed by atoms with Crippen molar-refractivity contribution in [3.63, 3.8) is 0 Å². The van der Waals surface area contributed by atoms with Crippen molar-refractivity contribution in [3.8, 4) is 0 Å². The lowest BCUT2D eigenvalue weighted by Gasteiger charge is -2.27. The third kappa shape index (κ3) is 2.50. The predicted molar refractivity (Wildman–Crippen MR) is 66.7 cm³/mol. The maximum Gasteiger partial charge on any atom is 0.274 e. The molecule has 5 heteroatoms. The third-order valence-electron chi connectivity index (χ3n) is 3.45. The van der Waals surface area contributed by atoms with Crippen LogP contribution in [-0.4, -0.2) is 22.8 Å². The average molecular weight is 276 g/mol. The zero-order valence-corrected chi connectivity index (χ0v) is 11.1. The zero-order valence-electron chi connectivity index (χ0n) is 9.55. The summed E-state index contributed by atoms with van der Waals surface area (Å²) in [6, 6.07) is -0.0275. The molecule has 0 aromatic carbocycles. The number of rotatable bonds is 1. The number of halogens is 2. The van der Waals surface area contributed by atoms with Gasteiger partial charge in [0.05, 0.1) is 0 Å². The molecule has 1 heterocycles. The molecule has 1 fully saturated rings. The molecule has 0 aromatic rings. The molecule has 1 aliphatic carbocycles. The molecule has 0 N–H and O–H groups in total. The van der Waals surface area contributed by atoms with E-state index in [1.165, 1.54) is 24.2 Å². The topological polar surface area (TPSA) is 37.4 Å². The molecule has 2 rings (SSSR count). The van der Waals surface area contributed by atoms with Crippen LogP contribution in [0.25, 0.3) is 0 Å². The van der Waals surface area contributed by atoms with Crippen molar-refractivity contribution in [2.75, 3.05) is 0 Å². The van der Waals surface area contributed by atoms with Gasteiger partial charge in [-0.15, -0.1) is 0 Å². The monoisotopic (exact) mass is 275 g/mol. The summed E-state index contributed by atoms with van der Waals surface area (Å²) >= 11 is 11.5. The summed E-state index contributed by atoms with van der Waals surface area (Å²) < 4.78 is 0. The lowest BCUT2D eigenvalue weighted by atomic mass is 9.96. The van der Waals surface area contributed by atoms with Crippen LogP contribution in [0.2, 0.25) is 0 Å². The Kier molecular flexibility index (Phi) is 4.10. The van der Waals surface area contributed by atoms with E-state index in [-0.39, 0.29) is 16.1 Å². The summed E-state index contributed by atoms with van der Waals surface area (Å²) in [5, 5.41) is -0.252. The number of nitrogens with zero attached hydrogens (tertiary/aromatic N) is 1. The van der Waals surface area contributed by atoms with Crippen LogP contribution in [0.4, 0.5) is 0 Å². The Hall–Kier alpha value is -0.540. The molecule has 0 atom stereocenters. The van der Waals surface area contributed by atoms with Crippen LogP contribution in [0, 0.1) is 0 Å². The van der Waals surface area contributed by atoms with Crippen molar-refractivity contribution in [2.24, 2.45) is 0 Å². The van der Waals surface area contributed by atoms with Crippen molar-refractivity contribution in [2.45, 2.75) is 51.0 Å². The van der Waals surface area contributed by atoms with Gasteiger partial charge in [-0.2, -0.15) is 0 Å². The molecular formula is C12H15Cl2NO2. The van der Waals surface area contributed by atoms with Crippen LogP contribution in [0.3, 0.4) is 0 Å². The number of imide groups is 1. The summed E-state index contributed by atoms with van der Waals surface area (Å²) in [5.74, 6) is -0.848. The Bertz CT molecular complexity index is 347. The van der Waals surface area contributed by atoms with E-state index < -0.39 is 11.8 Å². The van der Waals surface area contributed by atoms with E-state index in [1.54, 1.807) is 0 Å². The molecule has 0 spiro atoms. The zero-order chi connectivity index (χ0) is 12.4. The largest absolute Gasteiger partial charge is 0.274 e. The van der Waals surface area contributed by atoms with Gasteiger partial charge in [0.15, 0.2) is 0 Å². The van der Waals surface area contributed by atoms with Crippen molar-refractivity contribution in [3.05, 3.63) is 10.1 Å². The smallest absolute Gasteiger partial charge is 0.270 e. The lowest BCUT2D eigenvalue weighted by Crippen LogP contribution is -2.41.